The molecule has 1 N–H and O–H groups in total. The van der Waals surface area contributed by atoms with Gasteiger partial charge in [-0.15, -0.1) is 0 Å². The SMILES string of the molecule is N#Cc1ccc(N2CCC(O)(CN3CCCCC3)C2)nc1. The van der Waals surface area contributed by atoms with E-state index in [1.807, 2.05) is 6.07 Å². The number of aromatic nitrogens is 1. The molecule has 2 saturated heterocycles. The summed E-state index contributed by atoms with van der Waals surface area (Å²) in [7, 11) is 0. The van der Waals surface area contributed by atoms with E-state index >= 15 is 0 Å². The Hall–Kier alpha value is -1.64. The van der Waals surface area contributed by atoms with Crippen LogP contribution in [0, 0.1) is 11.3 Å². The molecule has 1 unspecified atom stereocenters. The van der Waals surface area contributed by atoms with E-state index in [1.54, 1.807) is 12.3 Å². The van der Waals surface area contributed by atoms with Crippen LogP contribution in [0.25, 0.3) is 0 Å². The van der Waals surface area contributed by atoms with E-state index < -0.39 is 5.60 Å². The lowest BCUT2D eigenvalue weighted by molar-refractivity contribution is 0.0169. The Kier molecular flexibility index (Phi) is 4.09. The Morgan fingerprint density at radius 1 is 1.24 bits per heavy atom. The van der Waals surface area contributed by atoms with Gasteiger partial charge in [0.15, 0.2) is 0 Å². The molecule has 0 aliphatic carbocycles. The highest BCUT2D eigenvalue weighted by molar-refractivity contribution is 5.43. The second kappa shape index (κ2) is 6.00. The van der Waals surface area contributed by atoms with Gasteiger partial charge in [0, 0.05) is 25.8 Å². The zero-order chi connectivity index (χ0) is 14.7. The van der Waals surface area contributed by atoms with E-state index in [1.165, 1.54) is 19.3 Å². The second-order valence-electron chi connectivity index (χ2n) is 6.25. The topological polar surface area (TPSA) is 63.4 Å². The van der Waals surface area contributed by atoms with Gasteiger partial charge in [0.2, 0.25) is 0 Å². The van der Waals surface area contributed by atoms with Crippen molar-refractivity contribution in [1.29, 1.82) is 5.26 Å². The van der Waals surface area contributed by atoms with Gasteiger partial charge >= 0.3 is 0 Å². The summed E-state index contributed by atoms with van der Waals surface area (Å²) in [4.78, 5) is 8.83. The van der Waals surface area contributed by atoms with Crippen molar-refractivity contribution in [3.63, 3.8) is 0 Å². The number of nitrogens with zero attached hydrogens (tertiary/aromatic N) is 4. The Morgan fingerprint density at radius 3 is 2.71 bits per heavy atom. The van der Waals surface area contributed by atoms with E-state index in [2.05, 4.69) is 20.9 Å². The molecule has 1 aromatic heterocycles. The molecule has 2 fully saturated rings. The van der Waals surface area contributed by atoms with Crippen molar-refractivity contribution >= 4 is 5.82 Å². The van der Waals surface area contributed by atoms with Crippen LogP contribution in [0.3, 0.4) is 0 Å². The van der Waals surface area contributed by atoms with Crippen LogP contribution in [0.5, 0.6) is 0 Å². The van der Waals surface area contributed by atoms with Crippen molar-refractivity contribution in [3.05, 3.63) is 23.9 Å². The van der Waals surface area contributed by atoms with Crippen molar-refractivity contribution in [1.82, 2.24) is 9.88 Å². The first-order valence-electron chi connectivity index (χ1n) is 7.74. The normalized spacial score (nSPS) is 26.8. The van der Waals surface area contributed by atoms with Crippen molar-refractivity contribution in [2.45, 2.75) is 31.3 Å². The number of likely N-dealkylation sites (tertiary alicyclic amines) is 1. The van der Waals surface area contributed by atoms with Gasteiger partial charge in [0.25, 0.3) is 0 Å². The van der Waals surface area contributed by atoms with Crippen molar-refractivity contribution in [3.8, 4) is 6.07 Å². The zero-order valence-electron chi connectivity index (χ0n) is 12.3. The molecular weight excluding hydrogens is 264 g/mol. The summed E-state index contributed by atoms with van der Waals surface area (Å²) in [5.41, 5.74) is -0.0612. The maximum Gasteiger partial charge on any atom is 0.128 e. The highest BCUT2D eigenvalue weighted by atomic mass is 16.3. The molecule has 0 saturated carbocycles. The van der Waals surface area contributed by atoms with Crippen LogP contribution >= 0.6 is 0 Å². The lowest BCUT2D eigenvalue weighted by Gasteiger charge is -2.33. The lowest BCUT2D eigenvalue weighted by Crippen LogP contribution is -2.46. The van der Waals surface area contributed by atoms with Crippen molar-refractivity contribution < 1.29 is 5.11 Å². The average Bonchev–Trinajstić information content (AvgIpc) is 2.90. The van der Waals surface area contributed by atoms with Gasteiger partial charge in [-0.25, -0.2) is 4.98 Å². The third kappa shape index (κ3) is 3.34. The minimum absolute atomic E-state index is 0.571. The fourth-order valence-electron chi connectivity index (χ4n) is 3.35. The van der Waals surface area contributed by atoms with Gasteiger partial charge in [0.05, 0.1) is 11.2 Å². The minimum Gasteiger partial charge on any atom is -0.387 e. The maximum absolute atomic E-state index is 10.8. The molecule has 5 nitrogen and oxygen atoms in total. The summed E-state index contributed by atoms with van der Waals surface area (Å²) in [5, 5.41) is 19.6. The van der Waals surface area contributed by atoms with E-state index in [4.69, 9.17) is 5.26 Å². The van der Waals surface area contributed by atoms with Crippen LogP contribution in [0.15, 0.2) is 18.3 Å². The number of nitriles is 1. The molecule has 5 heteroatoms. The summed E-state index contributed by atoms with van der Waals surface area (Å²) in [5.74, 6) is 0.851. The largest absolute Gasteiger partial charge is 0.387 e. The van der Waals surface area contributed by atoms with Gasteiger partial charge in [-0.3, -0.25) is 0 Å². The number of aliphatic hydroxyl groups is 1. The Bertz CT molecular complexity index is 518. The number of hydrogen-bond donors (Lipinski definition) is 1. The summed E-state index contributed by atoms with van der Waals surface area (Å²) in [6, 6.07) is 5.73. The quantitative estimate of drug-likeness (QED) is 0.909. The predicted molar refractivity (Wildman–Crippen MR) is 81.0 cm³/mol. The fraction of sp³-hybridized carbons (Fsp3) is 0.625. The molecule has 3 rings (SSSR count). The van der Waals surface area contributed by atoms with Crippen LogP contribution in [0.1, 0.15) is 31.2 Å². The fourth-order valence-corrected chi connectivity index (χ4v) is 3.35. The van der Waals surface area contributed by atoms with Gasteiger partial charge in [0.1, 0.15) is 11.9 Å². The Balaban J connectivity index is 1.61. The standard InChI is InChI=1S/C16H22N4O/c17-10-14-4-5-15(18-11-14)20-9-6-16(21,13-20)12-19-7-2-1-3-8-19/h4-5,11,21H,1-3,6-9,12-13H2. The lowest BCUT2D eigenvalue weighted by atomic mass is 10.0. The predicted octanol–water partition coefficient (Wildman–Crippen LogP) is 1.38. The van der Waals surface area contributed by atoms with E-state index in [0.717, 1.165) is 38.4 Å². The molecule has 112 valence electrons. The molecule has 0 radical (unpaired) electrons. The van der Waals surface area contributed by atoms with Crippen LogP contribution in [-0.2, 0) is 0 Å². The smallest absolute Gasteiger partial charge is 0.128 e. The first-order valence-corrected chi connectivity index (χ1v) is 7.74. The number of hydrogen-bond acceptors (Lipinski definition) is 5. The number of rotatable bonds is 3. The van der Waals surface area contributed by atoms with Gasteiger partial charge in [-0.1, -0.05) is 6.42 Å². The molecule has 2 aliphatic rings. The van der Waals surface area contributed by atoms with E-state index in [-0.39, 0.29) is 0 Å². The molecule has 21 heavy (non-hydrogen) atoms. The van der Waals surface area contributed by atoms with Crippen LogP contribution in [0.4, 0.5) is 5.82 Å². The maximum atomic E-state index is 10.8. The monoisotopic (exact) mass is 286 g/mol. The van der Waals surface area contributed by atoms with Crippen molar-refractivity contribution in [2.24, 2.45) is 0 Å². The molecule has 0 bridgehead atoms. The second-order valence-corrected chi connectivity index (χ2v) is 6.25. The minimum atomic E-state index is -0.632. The highest BCUT2D eigenvalue weighted by Crippen LogP contribution is 2.27. The molecule has 2 aliphatic heterocycles. The Labute approximate surface area is 125 Å². The molecule has 3 heterocycles. The van der Waals surface area contributed by atoms with Crippen LogP contribution in [-0.4, -0.2) is 53.3 Å². The van der Waals surface area contributed by atoms with Crippen LogP contribution in [0.2, 0.25) is 0 Å². The Morgan fingerprint density at radius 2 is 2.05 bits per heavy atom. The third-order valence-corrected chi connectivity index (χ3v) is 4.50. The summed E-state index contributed by atoms with van der Waals surface area (Å²) in [6.07, 6.45) is 6.19. The highest BCUT2D eigenvalue weighted by Gasteiger charge is 2.38. The first kappa shape index (κ1) is 14.3. The summed E-state index contributed by atoms with van der Waals surface area (Å²) in [6.45, 7) is 4.43. The van der Waals surface area contributed by atoms with E-state index in [0.29, 0.717) is 12.1 Å². The number of β-amino-alcohol motifs (C(OH)–C–C–N with tert-alkyl or cyclic N) is 1. The summed E-state index contributed by atoms with van der Waals surface area (Å²) >= 11 is 0. The molecule has 0 aromatic carbocycles. The number of piperidine rings is 1. The molecule has 1 aromatic rings. The van der Waals surface area contributed by atoms with Gasteiger partial charge < -0.3 is 14.9 Å². The number of pyridine rings is 1. The average molecular weight is 286 g/mol. The molecule has 1 atom stereocenters. The molecule has 0 amide bonds. The zero-order valence-corrected chi connectivity index (χ0v) is 12.3. The first-order chi connectivity index (χ1) is 10.2. The van der Waals surface area contributed by atoms with Gasteiger partial charge in [-0.2, -0.15) is 5.26 Å². The molecular formula is C16H22N4O. The van der Waals surface area contributed by atoms with E-state index in [9.17, 15) is 5.11 Å². The molecule has 0 spiro atoms. The van der Waals surface area contributed by atoms with Crippen LogP contribution < -0.4 is 4.90 Å². The third-order valence-electron chi connectivity index (χ3n) is 4.50. The van der Waals surface area contributed by atoms with Gasteiger partial charge in [-0.05, 0) is 44.5 Å². The number of anilines is 1. The van der Waals surface area contributed by atoms with Crippen molar-refractivity contribution in [2.75, 3.05) is 37.6 Å². The summed E-state index contributed by atoms with van der Waals surface area (Å²) < 4.78 is 0.